The Hall–Kier alpha value is -2.60. The Bertz CT molecular complexity index is 1030. The topological polar surface area (TPSA) is 59.8 Å². The second-order valence-electron chi connectivity index (χ2n) is 7.59. The van der Waals surface area contributed by atoms with Crippen LogP contribution >= 0.6 is 11.8 Å². The van der Waals surface area contributed by atoms with E-state index in [4.69, 9.17) is 0 Å². The van der Waals surface area contributed by atoms with E-state index in [0.29, 0.717) is 0 Å². The van der Waals surface area contributed by atoms with E-state index in [0.717, 1.165) is 41.4 Å². The first-order valence-electron chi connectivity index (χ1n) is 10.0. The molecule has 0 aliphatic heterocycles. The average molecular weight is 407 g/mol. The van der Waals surface area contributed by atoms with E-state index in [1.54, 1.807) is 0 Å². The van der Waals surface area contributed by atoms with Crippen molar-refractivity contribution in [1.82, 2.24) is 20.1 Å². The summed E-state index contributed by atoms with van der Waals surface area (Å²) in [7, 11) is 1.95. The van der Waals surface area contributed by atoms with Crippen molar-refractivity contribution in [3.05, 3.63) is 65.2 Å². The van der Waals surface area contributed by atoms with Gasteiger partial charge < -0.3 is 9.88 Å². The maximum atomic E-state index is 12.9. The molecule has 5 nitrogen and oxygen atoms in total. The van der Waals surface area contributed by atoms with Gasteiger partial charge in [-0.2, -0.15) is 0 Å². The second kappa shape index (κ2) is 8.41. The Morgan fingerprint density at radius 3 is 2.76 bits per heavy atom. The smallest absolute Gasteiger partial charge is 0.233 e. The summed E-state index contributed by atoms with van der Waals surface area (Å²) >= 11 is 1.45. The zero-order chi connectivity index (χ0) is 20.4. The van der Waals surface area contributed by atoms with Crippen molar-refractivity contribution in [2.45, 2.75) is 49.6 Å². The molecule has 2 unspecified atom stereocenters. The number of nitrogens with zero attached hydrogens (tertiary/aromatic N) is 3. The van der Waals surface area contributed by atoms with Crippen molar-refractivity contribution in [3.63, 3.8) is 0 Å². The summed E-state index contributed by atoms with van der Waals surface area (Å²) in [4.78, 5) is 12.9. The summed E-state index contributed by atoms with van der Waals surface area (Å²) in [5.74, 6) is 0.858. The number of hydrogen-bond donors (Lipinski definition) is 1. The Morgan fingerprint density at radius 2 is 1.93 bits per heavy atom. The van der Waals surface area contributed by atoms with E-state index in [1.165, 1.54) is 22.9 Å². The van der Waals surface area contributed by atoms with Crippen molar-refractivity contribution in [2.24, 2.45) is 7.05 Å². The maximum absolute atomic E-state index is 12.9. The van der Waals surface area contributed by atoms with E-state index in [2.05, 4.69) is 46.7 Å². The average Bonchev–Trinajstić information content (AvgIpc) is 3.08. The lowest BCUT2D eigenvalue weighted by atomic mass is 9.88. The van der Waals surface area contributed by atoms with Crippen molar-refractivity contribution in [2.75, 3.05) is 0 Å². The van der Waals surface area contributed by atoms with Crippen molar-refractivity contribution in [1.29, 1.82) is 0 Å². The first kappa shape index (κ1) is 19.7. The summed E-state index contributed by atoms with van der Waals surface area (Å²) in [5, 5.41) is 12.4. The van der Waals surface area contributed by atoms with Gasteiger partial charge in [0.1, 0.15) is 0 Å². The first-order valence-corrected chi connectivity index (χ1v) is 10.9. The van der Waals surface area contributed by atoms with Crippen molar-refractivity contribution >= 4 is 17.7 Å². The number of aryl methyl sites for hydroxylation is 2. The Kier molecular flexibility index (Phi) is 5.72. The van der Waals surface area contributed by atoms with Crippen LogP contribution in [-0.2, 0) is 18.3 Å². The molecule has 0 fully saturated rings. The highest BCUT2D eigenvalue weighted by Crippen LogP contribution is 2.31. The summed E-state index contributed by atoms with van der Waals surface area (Å²) in [6.07, 6.45) is 3.18. The van der Waals surface area contributed by atoms with Crippen LogP contribution in [0.1, 0.15) is 42.5 Å². The molecule has 0 radical (unpaired) electrons. The van der Waals surface area contributed by atoms with Gasteiger partial charge in [0, 0.05) is 12.6 Å². The van der Waals surface area contributed by atoms with Crippen LogP contribution in [0, 0.1) is 6.92 Å². The van der Waals surface area contributed by atoms with Crippen LogP contribution in [0.25, 0.3) is 11.4 Å². The number of aromatic nitrogens is 3. The van der Waals surface area contributed by atoms with Crippen LogP contribution < -0.4 is 5.32 Å². The Labute approximate surface area is 175 Å². The standard InChI is InChI=1S/C23H26N4OS/c1-15-9-4-6-12-18(15)21-25-26-23(27(21)3)29-16(2)22(28)24-20-14-8-11-17-10-5-7-13-19(17)20/h4-7,9-10,12-13,16,20H,8,11,14H2,1-3H3,(H,24,28). The van der Waals surface area contributed by atoms with Gasteiger partial charge >= 0.3 is 0 Å². The lowest BCUT2D eigenvalue weighted by Gasteiger charge is -2.27. The van der Waals surface area contributed by atoms with E-state index >= 15 is 0 Å². The van der Waals surface area contributed by atoms with Gasteiger partial charge in [-0.1, -0.05) is 60.3 Å². The van der Waals surface area contributed by atoms with Gasteiger partial charge in [0.25, 0.3) is 0 Å². The van der Waals surface area contributed by atoms with E-state index < -0.39 is 0 Å². The molecule has 6 heteroatoms. The molecular formula is C23H26N4OS. The minimum Gasteiger partial charge on any atom is -0.348 e. The number of hydrogen-bond acceptors (Lipinski definition) is 4. The summed E-state index contributed by atoms with van der Waals surface area (Å²) in [5.41, 5.74) is 4.82. The molecule has 1 aromatic heterocycles. The van der Waals surface area contributed by atoms with Crippen LogP contribution in [0.15, 0.2) is 53.7 Å². The summed E-state index contributed by atoms with van der Waals surface area (Å²) < 4.78 is 1.96. The van der Waals surface area contributed by atoms with Gasteiger partial charge in [-0.3, -0.25) is 4.79 Å². The number of rotatable bonds is 5. The number of nitrogens with one attached hydrogen (secondary N) is 1. The second-order valence-corrected chi connectivity index (χ2v) is 8.90. The summed E-state index contributed by atoms with van der Waals surface area (Å²) in [6.45, 7) is 3.99. The predicted octanol–water partition coefficient (Wildman–Crippen LogP) is 4.46. The molecule has 150 valence electrons. The molecule has 0 saturated heterocycles. The molecule has 1 heterocycles. The van der Waals surface area contributed by atoms with Gasteiger partial charge in [0.15, 0.2) is 11.0 Å². The molecule has 0 bridgehead atoms. The third-order valence-corrected chi connectivity index (χ3v) is 6.69. The van der Waals surface area contributed by atoms with E-state index in [-0.39, 0.29) is 17.2 Å². The molecule has 1 amide bonds. The van der Waals surface area contributed by atoms with Gasteiger partial charge in [-0.15, -0.1) is 10.2 Å². The fourth-order valence-electron chi connectivity index (χ4n) is 3.88. The van der Waals surface area contributed by atoms with E-state index in [9.17, 15) is 4.79 Å². The number of carbonyl (C=O) groups excluding carboxylic acids is 1. The Balaban J connectivity index is 1.46. The summed E-state index contributed by atoms with van der Waals surface area (Å²) in [6, 6.07) is 16.6. The lowest BCUT2D eigenvalue weighted by molar-refractivity contribution is -0.121. The van der Waals surface area contributed by atoms with Crippen LogP contribution in [0.4, 0.5) is 0 Å². The zero-order valence-corrected chi connectivity index (χ0v) is 17.9. The minimum absolute atomic E-state index is 0.0390. The number of thioether (sulfide) groups is 1. The van der Waals surface area contributed by atoms with E-state index in [1.807, 2.05) is 42.8 Å². The molecule has 1 aliphatic rings. The fourth-order valence-corrected chi connectivity index (χ4v) is 4.70. The number of amides is 1. The molecule has 4 rings (SSSR count). The van der Waals surface area contributed by atoms with Crippen molar-refractivity contribution in [3.8, 4) is 11.4 Å². The van der Waals surface area contributed by atoms with Crippen LogP contribution in [0.5, 0.6) is 0 Å². The molecule has 29 heavy (non-hydrogen) atoms. The van der Waals surface area contributed by atoms with Gasteiger partial charge in [0.2, 0.25) is 5.91 Å². The number of fused-ring (bicyclic) bond motifs is 1. The van der Waals surface area contributed by atoms with Gasteiger partial charge in [-0.05, 0) is 49.8 Å². The van der Waals surface area contributed by atoms with Gasteiger partial charge in [-0.25, -0.2) is 0 Å². The molecule has 3 aromatic rings. The van der Waals surface area contributed by atoms with Crippen LogP contribution in [0.3, 0.4) is 0 Å². The molecule has 0 saturated carbocycles. The predicted molar refractivity (Wildman–Crippen MR) is 117 cm³/mol. The molecule has 0 spiro atoms. The zero-order valence-electron chi connectivity index (χ0n) is 17.1. The van der Waals surface area contributed by atoms with Crippen LogP contribution in [-0.4, -0.2) is 25.9 Å². The number of carbonyl (C=O) groups is 1. The quantitative estimate of drug-likeness (QED) is 0.635. The molecule has 1 N–H and O–H groups in total. The van der Waals surface area contributed by atoms with Crippen LogP contribution in [0.2, 0.25) is 0 Å². The third kappa shape index (κ3) is 4.08. The highest BCUT2D eigenvalue weighted by atomic mass is 32.2. The van der Waals surface area contributed by atoms with Crippen molar-refractivity contribution < 1.29 is 4.79 Å². The molecule has 2 aromatic carbocycles. The third-order valence-electron chi connectivity index (χ3n) is 5.56. The highest BCUT2D eigenvalue weighted by molar-refractivity contribution is 8.00. The largest absolute Gasteiger partial charge is 0.348 e. The first-order chi connectivity index (χ1) is 14.0. The lowest BCUT2D eigenvalue weighted by Crippen LogP contribution is -2.36. The minimum atomic E-state index is -0.253. The fraction of sp³-hybridized carbons (Fsp3) is 0.348. The molecule has 1 aliphatic carbocycles. The number of benzene rings is 2. The normalized spacial score (nSPS) is 16.9. The maximum Gasteiger partial charge on any atom is 0.233 e. The monoisotopic (exact) mass is 406 g/mol. The molecular weight excluding hydrogens is 380 g/mol. The SMILES string of the molecule is Cc1ccccc1-c1nnc(SC(C)C(=O)NC2CCCc3ccccc32)n1C. The van der Waals surface area contributed by atoms with Gasteiger partial charge in [0.05, 0.1) is 11.3 Å². The molecule has 2 atom stereocenters. The Morgan fingerprint density at radius 1 is 1.17 bits per heavy atom. The highest BCUT2D eigenvalue weighted by Gasteiger charge is 2.25.